The van der Waals surface area contributed by atoms with E-state index in [1.807, 2.05) is 6.07 Å². The topological polar surface area (TPSA) is 155 Å². The lowest BCUT2D eigenvalue weighted by Gasteiger charge is -2.01. The number of phenols is 2. The summed E-state index contributed by atoms with van der Waals surface area (Å²) in [5.74, 6) is -1.75. The highest BCUT2D eigenvalue weighted by Gasteiger charge is 2.22. The zero-order chi connectivity index (χ0) is 19.1. The predicted molar refractivity (Wildman–Crippen MR) is 93.3 cm³/mol. The number of aromatic nitrogens is 3. The van der Waals surface area contributed by atoms with Crippen molar-refractivity contribution in [3.05, 3.63) is 62.9 Å². The van der Waals surface area contributed by atoms with E-state index in [0.29, 0.717) is 5.52 Å². The second-order valence-corrected chi connectivity index (χ2v) is 5.64. The number of hydrogen-bond acceptors (Lipinski definition) is 8. The van der Waals surface area contributed by atoms with E-state index in [1.165, 1.54) is 0 Å². The first kappa shape index (κ1) is 16.3. The average molecular weight is 366 g/mol. The number of para-hydroxylation sites is 1. The van der Waals surface area contributed by atoms with E-state index in [1.54, 1.807) is 24.3 Å². The SMILES string of the molecule is O=c1[nH]c2ccccc2cc1-c1noc(-c2cc(O)c(O)c([N+](=O)[O-])c2)n1. The number of nitrogens with one attached hydrogen (secondary N) is 1. The molecule has 27 heavy (non-hydrogen) atoms. The number of H-pyrrole nitrogens is 1. The Hall–Kier alpha value is -4.21. The molecule has 2 aromatic carbocycles. The molecule has 10 nitrogen and oxygen atoms in total. The molecule has 0 spiro atoms. The monoisotopic (exact) mass is 366 g/mol. The smallest absolute Gasteiger partial charge is 0.315 e. The van der Waals surface area contributed by atoms with Gasteiger partial charge >= 0.3 is 5.69 Å². The Morgan fingerprint density at radius 3 is 2.70 bits per heavy atom. The molecule has 0 saturated heterocycles. The van der Waals surface area contributed by atoms with Crippen molar-refractivity contribution in [1.29, 1.82) is 0 Å². The fraction of sp³-hybridized carbons (Fsp3) is 0. The molecule has 0 radical (unpaired) electrons. The summed E-state index contributed by atoms with van der Waals surface area (Å²) in [6.45, 7) is 0. The van der Waals surface area contributed by atoms with Gasteiger partial charge in [0.15, 0.2) is 5.75 Å². The second-order valence-electron chi connectivity index (χ2n) is 5.64. The van der Waals surface area contributed by atoms with E-state index in [4.69, 9.17) is 4.52 Å². The molecule has 0 saturated carbocycles. The molecule has 2 aromatic heterocycles. The van der Waals surface area contributed by atoms with Crippen LogP contribution in [0.5, 0.6) is 11.5 Å². The van der Waals surface area contributed by atoms with Gasteiger partial charge in [-0.15, -0.1) is 0 Å². The number of nitrogens with zero attached hydrogens (tertiary/aromatic N) is 3. The van der Waals surface area contributed by atoms with Crippen molar-refractivity contribution < 1.29 is 19.7 Å². The van der Waals surface area contributed by atoms with E-state index in [-0.39, 0.29) is 22.8 Å². The maximum absolute atomic E-state index is 12.3. The highest BCUT2D eigenvalue weighted by atomic mass is 16.6. The first-order valence-corrected chi connectivity index (χ1v) is 7.61. The van der Waals surface area contributed by atoms with Crippen LogP contribution in [0.25, 0.3) is 33.7 Å². The molecular formula is C17H10N4O6. The Morgan fingerprint density at radius 1 is 1.15 bits per heavy atom. The molecule has 0 fully saturated rings. The molecule has 10 heteroatoms. The van der Waals surface area contributed by atoms with Gasteiger partial charge in [-0.05, 0) is 23.6 Å². The normalized spacial score (nSPS) is 11.0. The van der Waals surface area contributed by atoms with Crippen molar-refractivity contribution in [2.45, 2.75) is 0 Å². The summed E-state index contributed by atoms with van der Waals surface area (Å²) in [6.07, 6.45) is 0. The van der Waals surface area contributed by atoms with Crippen molar-refractivity contribution >= 4 is 16.6 Å². The Kier molecular flexibility index (Phi) is 3.58. The molecule has 134 valence electrons. The molecule has 0 unspecified atom stereocenters. The minimum atomic E-state index is -0.866. The molecule has 4 aromatic rings. The van der Waals surface area contributed by atoms with Crippen LogP contribution in [0.15, 0.2) is 51.8 Å². The summed E-state index contributed by atoms with van der Waals surface area (Å²) in [6, 6.07) is 10.8. The van der Waals surface area contributed by atoms with Gasteiger partial charge in [0.25, 0.3) is 11.4 Å². The summed E-state index contributed by atoms with van der Waals surface area (Å²) in [4.78, 5) is 29.2. The molecule has 3 N–H and O–H groups in total. The van der Waals surface area contributed by atoms with Gasteiger partial charge in [0.2, 0.25) is 11.6 Å². The zero-order valence-corrected chi connectivity index (χ0v) is 13.4. The first-order chi connectivity index (χ1) is 12.9. The van der Waals surface area contributed by atoms with Crippen LogP contribution in [0, 0.1) is 10.1 Å². The van der Waals surface area contributed by atoms with Gasteiger partial charge in [-0.3, -0.25) is 14.9 Å². The van der Waals surface area contributed by atoms with Gasteiger partial charge in [-0.25, -0.2) is 0 Å². The van der Waals surface area contributed by atoms with Crippen LogP contribution in [0.3, 0.4) is 0 Å². The number of aromatic hydroxyl groups is 2. The first-order valence-electron chi connectivity index (χ1n) is 7.61. The Balaban J connectivity index is 1.82. The number of aromatic amines is 1. The van der Waals surface area contributed by atoms with E-state index in [0.717, 1.165) is 17.5 Å². The van der Waals surface area contributed by atoms with Gasteiger partial charge in [0.05, 0.1) is 16.1 Å². The van der Waals surface area contributed by atoms with Crippen LogP contribution in [0.4, 0.5) is 5.69 Å². The number of hydrogen-bond donors (Lipinski definition) is 3. The van der Waals surface area contributed by atoms with Crippen molar-refractivity contribution in [3.63, 3.8) is 0 Å². The summed E-state index contributed by atoms with van der Waals surface area (Å²) in [5.41, 5.74) is -0.322. The average Bonchev–Trinajstić information content (AvgIpc) is 3.13. The van der Waals surface area contributed by atoms with E-state index in [9.17, 15) is 25.1 Å². The van der Waals surface area contributed by atoms with Crippen LogP contribution < -0.4 is 5.56 Å². The fourth-order valence-electron chi connectivity index (χ4n) is 2.63. The maximum Gasteiger partial charge on any atom is 0.315 e. The van der Waals surface area contributed by atoms with Crippen LogP contribution in [0.2, 0.25) is 0 Å². The predicted octanol–water partition coefficient (Wildman–Crippen LogP) is 2.56. The number of fused-ring (bicyclic) bond motifs is 1. The Labute approximate surface area is 149 Å². The Morgan fingerprint density at radius 2 is 1.93 bits per heavy atom. The summed E-state index contributed by atoms with van der Waals surface area (Å²) < 4.78 is 5.07. The molecule has 0 atom stereocenters. The number of benzene rings is 2. The third-order valence-corrected chi connectivity index (χ3v) is 3.93. The fourth-order valence-corrected chi connectivity index (χ4v) is 2.63. The maximum atomic E-state index is 12.3. The summed E-state index contributed by atoms with van der Waals surface area (Å²) in [5, 5.41) is 34.7. The summed E-state index contributed by atoms with van der Waals surface area (Å²) in [7, 11) is 0. The number of pyridine rings is 1. The zero-order valence-electron chi connectivity index (χ0n) is 13.4. The minimum Gasteiger partial charge on any atom is -0.504 e. The largest absolute Gasteiger partial charge is 0.504 e. The van der Waals surface area contributed by atoms with Gasteiger partial charge in [0.1, 0.15) is 0 Å². The Bertz CT molecular complexity index is 1260. The second kappa shape index (κ2) is 5.95. The molecule has 0 aliphatic heterocycles. The number of phenolic OH excluding ortho intramolecular Hbond substituents is 2. The molecular weight excluding hydrogens is 356 g/mol. The highest BCUT2D eigenvalue weighted by molar-refractivity contribution is 5.82. The van der Waals surface area contributed by atoms with Crippen molar-refractivity contribution in [3.8, 4) is 34.3 Å². The quantitative estimate of drug-likeness (QED) is 0.284. The van der Waals surface area contributed by atoms with Crippen molar-refractivity contribution in [2.24, 2.45) is 0 Å². The number of rotatable bonds is 3. The molecule has 0 bridgehead atoms. The standard InChI is InChI=1S/C17H10N4O6/c22-13-7-9(6-12(14(13)23)21(25)26)17-19-15(20-27-17)10-5-8-3-1-2-4-11(8)18-16(10)24/h1-7,22-23H,(H,18,24). The minimum absolute atomic E-state index is 0.0211. The van der Waals surface area contributed by atoms with Gasteiger partial charge < -0.3 is 19.7 Å². The van der Waals surface area contributed by atoms with Crippen molar-refractivity contribution in [2.75, 3.05) is 0 Å². The lowest BCUT2D eigenvalue weighted by atomic mass is 10.1. The molecule has 4 rings (SSSR count). The van der Waals surface area contributed by atoms with Gasteiger partial charge in [-0.1, -0.05) is 23.4 Å². The number of nitro groups is 1. The molecule has 0 aliphatic rings. The molecule has 0 aliphatic carbocycles. The van der Waals surface area contributed by atoms with Gasteiger partial charge in [0, 0.05) is 11.6 Å². The third-order valence-electron chi connectivity index (χ3n) is 3.93. The van der Waals surface area contributed by atoms with Crippen molar-refractivity contribution in [1.82, 2.24) is 15.1 Å². The lowest BCUT2D eigenvalue weighted by molar-refractivity contribution is -0.385. The number of nitro benzene ring substituents is 1. The highest BCUT2D eigenvalue weighted by Crippen LogP contribution is 2.39. The van der Waals surface area contributed by atoms with Gasteiger partial charge in [-0.2, -0.15) is 4.98 Å². The molecule has 0 amide bonds. The van der Waals surface area contributed by atoms with Crippen LogP contribution in [-0.2, 0) is 0 Å². The summed E-state index contributed by atoms with van der Waals surface area (Å²) >= 11 is 0. The van der Waals surface area contributed by atoms with Crippen LogP contribution in [-0.4, -0.2) is 30.3 Å². The van der Waals surface area contributed by atoms with Crippen LogP contribution in [0.1, 0.15) is 0 Å². The van der Waals surface area contributed by atoms with E-state index < -0.39 is 27.7 Å². The lowest BCUT2D eigenvalue weighted by Crippen LogP contribution is -2.09. The van der Waals surface area contributed by atoms with E-state index in [2.05, 4.69) is 15.1 Å². The van der Waals surface area contributed by atoms with E-state index >= 15 is 0 Å². The third kappa shape index (κ3) is 2.74. The van der Waals surface area contributed by atoms with Crippen LogP contribution >= 0.6 is 0 Å². The molecule has 2 heterocycles.